The molecular formula is C17H20FN3O2S. The highest BCUT2D eigenvalue weighted by Crippen LogP contribution is 2.31. The molecule has 2 aliphatic rings. The molecule has 2 atom stereocenters. The van der Waals surface area contributed by atoms with Crippen molar-refractivity contribution in [3.63, 3.8) is 0 Å². The van der Waals surface area contributed by atoms with Crippen LogP contribution in [0.4, 0.5) is 4.39 Å². The topological polar surface area (TPSA) is 64.0 Å². The second kappa shape index (κ2) is 5.97. The summed E-state index contributed by atoms with van der Waals surface area (Å²) in [7, 11) is -2.90. The highest BCUT2D eigenvalue weighted by molar-refractivity contribution is 7.91. The average Bonchev–Trinajstić information content (AvgIpc) is 3.23. The minimum absolute atomic E-state index is 0.0427. The molecule has 1 fully saturated rings. The van der Waals surface area contributed by atoms with Gasteiger partial charge in [-0.05, 0) is 42.5 Å². The number of hydrogen-bond acceptors (Lipinski definition) is 4. The molecule has 0 spiro atoms. The highest BCUT2D eigenvalue weighted by Gasteiger charge is 2.29. The van der Waals surface area contributed by atoms with Gasteiger partial charge in [0, 0.05) is 24.3 Å². The van der Waals surface area contributed by atoms with Gasteiger partial charge in [-0.25, -0.2) is 12.8 Å². The summed E-state index contributed by atoms with van der Waals surface area (Å²) in [5, 5.41) is 7.83. The summed E-state index contributed by atoms with van der Waals surface area (Å²) in [5.41, 5.74) is 3.29. The van der Waals surface area contributed by atoms with Crippen molar-refractivity contribution in [1.29, 1.82) is 0 Å². The number of halogens is 1. The van der Waals surface area contributed by atoms with Crippen molar-refractivity contribution in [2.75, 3.05) is 11.5 Å². The molecule has 1 saturated heterocycles. The van der Waals surface area contributed by atoms with Gasteiger partial charge < -0.3 is 5.32 Å². The van der Waals surface area contributed by atoms with Crippen LogP contribution in [-0.2, 0) is 22.8 Å². The predicted molar refractivity (Wildman–Crippen MR) is 88.8 cm³/mol. The number of nitrogens with zero attached hydrogens (tertiary/aromatic N) is 2. The molecule has 1 aliphatic heterocycles. The third-order valence-electron chi connectivity index (χ3n) is 4.97. The van der Waals surface area contributed by atoms with Crippen LogP contribution >= 0.6 is 0 Å². The van der Waals surface area contributed by atoms with Crippen molar-refractivity contribution in [2.24, 2.45) is 0 Å². The van der Waals surface area contributed by atoms with Crippen LogP contribution in [0.1, 0.15) is 41.6 Å². The van der Waals surface area contributed by atoms with Crippen LogP contribution in [0, 0.1) is 5.82 Å². The lowest BCUT2D eigenvalue weighted by Gasteiger charge is -2.13. The van der Waals surface area contributed by atoms with Crippen molar-refractivity contribution in [2.45, 2.75) is 37.9 Å². The molecule has 24 heavy (non-hydrogen) atoms. The summed E-state index contributed by atoms with van der Waals surface area (Å²) in [4.78, 5) is 0. The Hall–Kier alpha value is -1.73. The fraction of sp³-hybridized carbons (Fsp3) is 0.471. The number of fused-ring (bicyclic) bond motifs is 1. The van der Waals surface area contributed by atoms with E-state index in [4.69, 9.17) is 0 Å². The van der Waals surface area contributed by atoms with Crippen LogP contribution in [0.5, 0.6) is 0 Å². The van der Waals surface area contributed by atoms with E-state index in [0.29, 0.717) is 13.0 Å². The smallest absolute Gasteiger partial charge is 0.152 e. The van der Waals surface area contributed by atoms with Crippen molar-refractivity contribution >= 4 is 9.84 Å². The predicted octanol–water partition coefficient (Wildman–Crippen LogP) is 2.16. The Labute approximate surface area is 140 Å². The number of nitrogens with one attached hydrogen (secondary N) is 1. The number of aryl methyl sites for hydroxylation is 1. The maximum absolute atomic E-state index is 13.3. The van der Waals surface area contributed by atoms with E-state index in [2.05, 4.69) is 10.4 Å². The van der Waals surface area contributed by atoms with E-state index in [0.717, 1.165) is 24.0 Å². The molecule has 2 aromatic rings. The lowest BCUT2D eigenvalue weighted by molar-refractivity contribution is 0.497. The Balaban J connectivity index is 1.40. The fourth-order valence-electron chi connectivity index (χ4n) is 3.69. The van der Waals surface area contributed by atoms with E-state index in [1.165, 1.54) is 11.6 Å². The minimum Gasteiger partial charge on any atom is -0.306 e. The van der Waals surface area contributed by atoms with E-state index >= 15 is 0 Å². The van der Waals surface area contributed by atoms with Crippen LogP contribution in [0.25, 0.3) is 0 Å². The molecule has 7 heteroatoms. The first-order chi connectivity index (χ1) is 11.5. The van der Waals surface area contributed by atoms with Gasteiger partial charge in [-0.1, -0.05) is 6.07 Å². The van der Waals surface area contributed by atoms with Gasteiger partial charge in [0.15, 0.2) is 9.84 Å². The lowest BCUT2D eigenvalue weighted by atomic mass is 10.1. The summed E-state index contributed by atoms with van der Waals surface area (Å²) < 4.78 is 38.2. The zero-order valence-corrected chi connectivity index (χ0v) is 14.1. The molecule has 128 valence electrons. The molecule has 0 radical (unpaired) electrons. The van der Waals surface area contributed by atoms with E-state index < -0.39 is 9.84 Å². The average molecular weight is 349 g/mol. The first-order valence-corrected chi connectivity index (χ1v) is 10.1. The summed E-state index contributed by atoms with van der Waals surface area (Å²) in [6, 6.07) is 5.18. The Morgan fingerprint density at radius 1 is 1.33 bits per heavy atom. The van der Waals surface area contributed by atoms with Gasteiger partial charge >= 0.3 is 0 Å². The lowest BCUT2D eigenvalue weighted by Crippen LogP contribution is -2.18. The number of hydrogen-bond donors (Lipinski definition) is 1. The standard InChI is InChI=1S/C17H20FN3O2S/c18-14-2-3-16-13(7-14)1-4-17(16)19-8-12-9-20-21(10-12)15-5-6-24(22,23)11-15/h2-3,7,9-10,15,17,19H,1,4-6,8,11H2. The summed E-state index contributed by atoms with van der Waals surface area (Å²) >= 11 is 0. The summed E-state index contributed by atoms with van der Waals surface area (Å²) in [6.07, 6.45) is 6.22. The molecule has 0 saturated carbocycles. The van der Waals surface area contributed by atoms with Gasteiger partial charge in [-0.3, -0.25) is 4.68 Å². The van der Waals surface area contributed by atoms with Crippen molar-refractivity contribution < 1.29 is 12.8 Å². The van der Waals surface area contributed by atoms with Crippen LogP contribution in [0.3, 0.4) is 0 Å². The van der Waals surface area contributed by atoms with Gasteiger partial charge in [0.1, 0.15) is 5.82 Å². The third-order valence-corrected chi connectivity index (χ3v) is 6.72. The Morgan fingerprint density at radius 3 is 3.00 bits per heavy atom. The minimum atomic E-state index is -2.90. The zero-order chi connectivity index (χ0) is 16.7. The number of aromatic nitrogens is 2. The summed E-state index contributed by atoms with van der Waals surface area (Å²) in [5.74, 6) is 0.256. The first kappa shape index (κ1) is 15.8. The number of rotatable bonds is 4. The quantitative estimate of drug-likeness (QED) is 0.919. The van der Waals surface area contributed by atoms with Gasteiger partial charge in [-0.2, -0.15) is 5.10 Å². The number of benzene rings is 1. The zero-order valence-electron chi connectivity index (χ0n) is 13.3. The molecular weight excluding hydrogens is 329 g/mol. The SMILES string of the molecule is O=S1(=O)CCC(n2cc(CNC3CCc4cc(F)ccc43)cn2)C1. The van der Waals surface area contributed by atoms with Gasteiger partial charge in [0.25, 0.3) is 0 Å². The Morgan fingerprint density at radius 2 is 2.21 bits per heavy atom. The molecule has 1 aromatic carbocycles. The highest BCUT2D eigenvalue weighted by atomic mass is 32.2. The molecule has 0 bridgehead atoms. The third kappa shape index (κ3) is 3.10. The van der Waals surface area contributed by atoms with Crippen LogP contribution in [-0.4, -0.2) is 29.7 Å². The maximum Gasteiger partial charge on any atom is 0.152 e. The molecule has 2 heterocycles. The van der Waals surface area contributed by atoms with E-state index in [1.807, 2.05) is 12.3 Å². The van der Waals surface area contributed by atoms with Crippen LogP contribution in [0.15, 0.2) is 30.6 Å². The Kier molecular flexibility index (Phi) is 3.92. The van der Waals surface area contributed by atoms with Gasteiger partial charge in [-0.15, -0.1) is 0 Å². The fourth-order valence-corrected chi connectivity index (χ4v) is 5.40. The van der Waals surface area contributed by atoms with Crippen molar-refractivity contribution in [1.82, 2.24) is 15.1 Å². The van der Waals surface area contributed by atoms with Gasteiger partial charge in [0.2, 0.25) is 0 Å². The van der Waals surface area contributed by atoms with Gasteiger partial charge in [0.05, 0.1) is 23.7 Å². The van der Waals surface area contributed by atoms with Crippen LogP contribution in [0.2, 0.25) is 0 Å². The molecule has 1 aromatic heterocycles. The van der Waals surface area contributed by atoms with Crippen molar-refractivity contribution in [3.05, 3.63) is 53.1 Å². The first-order valence-electron chi connectivity index (χ1n) is 8.25. The molecule has 4 rings (SSSR count). The molecule has 5 nitrogen and oxygen atoms in total. The van der Waals surface area contributed by atoms with E-state index in [-0.39, 0.29) is 29.4 Å². The molecule has 2 unspecified atom stereocenters. The molecule has 1 aliphatic carbocycles. The van der Waals surface area contributed by atoms with E-state index in [9.17, 15) is 12.8 Å². The van der Waals surface area contributed by atoms with E-state index in [1.54, 1.807) is 16.9 Å². The maximum atomic E-state index is 13.3. The normalized spacial score (nSPS) is 25.0. The molecule has 0 amide bonds. The Bertz CT molecular complexity index is 862. The second-order valence-corrected chi connectivity index (χ2v) is 8.93. The number of sulfone groups is 1. The van der Waals surface area contributed by atoms with Crippen molar-refractivity contribution in [3.8, 4) is 0 Å². The largest absolute Gasteiger partial charge is 0.306 e. The summed E-state index contributed by atoms with van der Waals surface area (Å²) in [6.45, 7) is 0.668. The van der Waals surface area contributed by atoms with Crippen LogP contribution < -0.4 is 5.32 Å². The monoisotopic (exact) mass is 349 g/mol. The second-order valence-electron chi connectivity index (χ2n) is 6.70. The molecule has 1 N–H and O–H groups in total.